The number of ether oxygens (including phenoxy) is 1. The van der Waals surface area contributed by atoms with Gasteiger partial charge in [-0.2, -0.15) is 0 Å². The van der Waals surface area contributed by atoms with Crippen LogP contribution in [0.15, 0.2) is 48.5 Å². The van der Waals surface area contributed by atoms with E-state index in [1.54, 1.807) is 7.11 Å². The zero-order valence-electron chi connectivity index (χ0n) is 9.81. The lowest BCUT2D eigenvalue weighted by molar-refractivity contribution is 0.414. The van der Waals surface area contributed by atoms with Crippen LogP contribution in [0.25, 0.3) is 0 Å². The minimum atomic E-state index is 0.768. The number of anilines is 2. The summed E-state index contributed by atoms with van der Waals surface area (Å²) in [7, 11) is 1.67. The molecule has 0 bridgehead atoms. The van der Waals surface area contributed by atoms with Gasteiger partial charge in [0.05, 0.1) is 7.11 Å². The quantitative estimate of drug-likeness (QED) is 0.791. The minimum Gasteiger partial charge on any atom is -0.497 e. The summed E-state index contributed by atoms with van der Waals surface area (Å²) >= 11 is 0. The summed E-state index contributed by atoms with van der Waals surface area (Å²) in [5, 5.41) is 3.32. The highest BCUT2D eigenvalue weighted by Crippen LogP contribution is 2.15. The van der Waals surface area contributed by atoms with Gasteiger partial charge in [-0.05, 0) is 35.9 Å². The molecule has 0 unspecified atom stereocenters. The monoisotopic (exact) mass is 228 g/mol. The number of nitrogens with one attached hydrogen (secondary N) is 1. The fraction of sp³-hybridized carbons (Fsp3) is 0.143. The lowest BCUT2D eigenvalue weighted by Gasteiger charge is -2.07. The summed E-state index contributed by atoms with van der Waals surface area (Å²) < 4.78 is 5.11. The van der Waals surface area contributed by atoms with Crippen LogP contribution in [0.1, 0.15) is 5.56 Å². The molecule has 0 spiro atoms. The van der Waals surface area contributed by atoms with Crippen molar-refractivity contribution in [3.63, 3.8) is 0 Å². The van der Waals surface area contributed by atoms with Crippen molar-refractivity contribution in [2.45, 2.75) is 6.54 Å². The van der Waals surface area contributed by atoms with E-state index in [1.165, 1.54) is 5.56 Å². The predicted molar refractivity (Wildman–Crippen MR) is 71.2 cm³/mol. The van der Waals surface area contributed by atoms with Crippen molar-refractivity contribution in [3.8, 4) is 5.75 Å². The lowest BCUT2D eigenvalue weighted by atomic mass is 10.2. The fourth-order valence-corrected chi connectivity index (χ4v) is 1.60. The molecule has 3 heteroatoms. The molecule has 17 heavy (non-hydrogen) atoms. The molecule has 0 radical (unpaired) electrons. The molecule has 2 aromatic rings. The van der Waals surface area contributed by atoms with E-state index in [1.807, 2.05) is 48.5 Å². The maximum absolute atomic E-state index is 5.71. The van der Waals surface area contributed by atoms with Crippen LogP contribution in [0.2, 0.25) is 0 Å². The van der Waals surface area contributed by atoms with Crippen LogP contribution in [0.5, 0.6) is 5.75 Å². The van der Waals surface area contributed by atoms with Gasteiger partial charge >= 0.3 is 0 Å². The molecule has 2 rings (SSSR count). The number of nitrogens with two attached hydrogens (primary N) is 1. The molecular weight excluding hydrogens is 212 g/mol. The van der Waals surface area contributed by atoms with Crippen LogP contribution in [-0.4, -0.2) is 7.11 Å². The predicted octanol–water partition coefficient (Wildman–Crippen LogP) is 2.89. The van der Waals surface area contributed by atoms with Gasteiger partial charge in [0, 0.05) is 17.9 Å². The van der Waals surface area contributed by atoms with E-state index in [2.05, 4.69) is 5.32 Å². The van der Waals surface area contributed by atoms with Crippen molar-refractivity contribution >= 4 is 11.4 Å². The molecule has 0 aliphatic carbocycles. The zero-order chi connectivity index (χ0) is 12.1. The third-order valence-electron chi connectivity index (χ3n) is 2.54. The summed E-state index contributed by atoms with van der Waals surface area (Å²) in [6.07, 6.45) is 0. The van der Waals surface area contributed by atoms with Gasteiger partial charge in [0.2, 0.25) is 0 Å². The summed E-state index contributed by atoms with van der Waals surface area (Å²) in [6, 6.07) is 15.7. The molecule has 3 nitrogen and oxygen atoms in total. The smallest absolute Gasteiger partial charge is 0.118 e. The van der Waals surface area contributed by atoms with Gasteiger partial charge in [0.15, 0.2) is 0 Å². The molecule has 3 N–H and O–H groups in total. The summed E-state index contributed by atoms with van der Waals surface area (Å²) in [4.78, 5) is 0. The summed E-state index contributed by atoms with van der Waals surface area (Å²) in [5.74, 6) is 0.873. The topological polar surface area (TPSA) is 47.3 Å². The average molecular weight is 228 g/mol. The van der Waals surface area contributed by atoms with Crippen LogP contribution >= 0.6 is 0 Å². The average Bonchev–Trinajstić information content (AvgIpc) is 2.37. The first-order chi connectivity index (χ1) is 8.28. The third kappa shape index (κ3) is 3.14. The van der Waals surface area contributed by atoms with Gasteiger partial charge in [0.1, 0.15) is 5.75 Å². The molecule has 0 aliphatic rings. The highest BCUT2D eigenvalue weighted by molar-refractivity contribution is 5.54. The first-order valence-electron chi connectivity index (χ1n) is 5.50. The van der Waals surface area contributed by atoms with Crippen molar-refractivity contribution < 1.29 is 4.74 Å². The Morgan fingerprint density at radius 2 is 1.88 bits per heavy atom. The van der Waals surface area contributed by atoms with Crippen LogP contribution in [-0.2, 0) is 6.54 Å². The summed E-state index contributed by atoms with van der Waals surface area (Å²) in [5.41, 5.74) is 8.71. The summed E-state index contributed by atoms with van der Waals surface area (Å²) in [6.45, 7) is 0.771. The highest BCUT2D eigenvalue weighted by atomic mass is 16.5. The van der Waals surface area contributed by atoms with Gasteiger partial charge in [-0.25, -0.2) is 0 Å². The Morgan fingerprint density at radius 3 is 2.53 bits per heavy atom. The van der Waals surface area contributed by atoms with Crippen LogP contribution in [0.4, 0.5) is 11.4 Å². The van der Waals surface area contributed by atoms with Gasteiger partial charge < -0.3 is 15.8 Å². The van der Waals surface area contributed by atoms with Gasteiger partial charge in [0.25, 0.3) is 0 Å². The van der Waals surface area contributed by atoms with E-state index >= 15 is 0 Å². The molecule has 0 amide bonds. The number of hydrogen-bond donors (Lipinski definition) is 2. The highest BCUT2D eigenvalue weighted by Gasteiger charge is 1.95. The molecule has 0 aliphatic heterocycles. The number of rotatable bonds is 4. The SMILES string of the molecule is COc1ccc(CNc2cccc(N)c2)cc1. The number of methoxy groups -OCH3 is 1. The minimum absolute atomic E-state index is 0.768. The van der Waals surface area contributed by atoms with Gasteiger partial charge in [-0.3, -0.25) is 0 Å². The molecule has 2 aromatic carbocycles. The second kappa shape index (κ2) is 5.25. The second-order valence-corrected chi connectivity index (χ2v) is 3.83. The maximum Gasteiger partial charge on any atom is 0.118 e. The number of hydrogen-bond acceptors (Lipinski definition) is 3. The molecule has 0 saturated carbocycles. The Balaban J connectivity index is 1.97. The van der Waals surface area contributed by atoms with Gasteiger partial charge in [-0.1, -0.05) is 18.2 Å². The molecule has 0 heterocycles. The van der Waals surface area contributed by atoms with Gasteiger partial charge in [-0.15, -0.1) is 0 Å². The Labute approximate surface area is 101 Å². The van der Waals surface area contributed by atoms with Crippen molar-refractivity contribution in [2.24, 2.45) is 0 Å². The van der Waals surface area contributed by atoms with Crippen molar-refractivity contribution in [1.29, 1.82) is 0 Å². The Hall–Kier alpha value is -2.16. The van der Waals surface area contributed by atoms with Crippen LogP contribution in [0.3, 0.4) is 0 Å². The zero-order valence-corrected chi connectivity index (χ0v) is 9.81. The van der Waals surface area contributed by atoms with Crippen molar-refractivity contribution in [3.05, 3.63) is 54.1 Å². The van der Waals surface area contributed by atoms with Crippen molar-refractivity contribution in [1.82, 2.24) is 0 Å². The Bertz CT molecular complexity index is 480. The van der Waals surface area contributed by atoms with E-state index in [0.717, 1.165) is 23.7 Å². The van der Waals surface area contributed by atoms with E-state index in [9.17, 15) is 0 Å². The van der Waals surface area contributed by atoms with Crippen LogP contribution < -0.4 is 15.8 Å². The Kier molecular flexibility index (Phi) is 3.50. The maximum atomic E-state index is 5.71. The van der Waals surface area contributed by atoms with E-state index in [-0.39, 0.29) is 0 Å². The first kappa shape index (κ1) is 11.3. The molecule has 0 fully saturated rings. The first-order valence-corrected chi connectivity index (χ1v) is 5.50. The van der Waals surface area contributed by atoms with Crippen molar-refractivity contribution in [2.75, 3.05) is 18.2 Å². The third-order valence-corrected chi connectivity index (χ3v) is 2.54. The molecule has 0 aromatic heterocycles. The largest absolute Gasteiger partial charge is 0.497 e. The van der Waals surface area contributed by atoms with E-state index in [4.69, 9.17) is 10.5 Å². The standard InChI is InChI=1S/C14H16N2O/c1-17-14-7-5-11(6-8-14)10-16-13-4-2-3-12(15)9-13/h2-9,16H,10,15H2,1H3. The van der Waals surface area contributed by atoms with E-state index in [0.29, 0.717) is 0 Å². The molecule has 0 atom stereocenters. The fourth-order valence-electron chi connectivity index (χ4n) is 1.60. The normalized spacial score (nSPS) is 9.94. The second-order valence-electron chi connectivity index (χ2n) is 3.83. The van der Waals surface area contributed by atoms with E-state index < -0.39 is 0 Å². The Morgan fingerprint density at radius 1 is 1.12 bits per heavy atom. The molecule has 0 saturated heterocycles. The lowest BCUT2D eigenvalue weighted by Crippen LogP contribution is -1.99. The van der Waals surface area contributed by atoms with Crippen LogP contribution in [0, 0.1) is 0 Å². The number of nitrogen functional groups attached to an aromatic ring is 1. The molecular formula is C14H16N2O. The number of benzene rings is 2. The molecule has 88 valence electrons.